The van der Waals surface area contributed by atoms with E-state index in [-0.39, 0.29) is 19.6 Å². The highest BCUT2D eigenvalue weighted by atomic mass is 28.4. The average Bonchev–Trinajstić information content (AvgIpc) is 2.97. The maximum Gasteiger partial charge on any atom is 0.323 e. The zero-order valence-corrected chi connectivity index (χ0v) is 22.4. The molecule has 0 bridgehead atoms. The van der Waals surface area contributed by atoms with Crippen LogP contribution >= 0.6 is 0 Å². The molecule has 1 aromatic carbocycles. The number of benzene rings is 1. The van der Waals surface area contributed by atoms with Crippen LogP contribution in [0.1, 0.15) is 24.5 Å². The molecule has 190 valence electrons. The molecule has 3 atom stereocenters. The lowest BCUT2D eigenvalue weighted by Gasteiger charge is -2.68. The van der Waals surface area contributed by atoms with Crippen LogP contribution in [0.4, 0.5) is 0 Å². The second kappa shape index (κ2) is 8.37. The lowest BCUT2D eigenvalue weighted by atomic mass is 9.42. The molecule has 3 unspecified atom stereocenters. The Morgan fingerprint density at radius 2 is 1.77 bits per heavy atom. The van der Waals surface area contributed by atoms with E-state index >= 15 is 0 Å². The minimum absolute atomic E-state index is 0.0299. The van der Waals surface area contributed by atoms with Crippen LogP contribution in [0.15, 0.2) is 24.5 Å². The van der Waals surface area contributed by atoms with Crippen molar-refractivity contribution in [3.05, 3.63) is 35.6 Å². The summed E-state index contributed by atoms with van der Waals surface area (Å²) in [6, 6.07) is 3.61. The first kappa shape index (κ1) is 25.2. The molecule has 9 nitrogen and oxygen atoms in total. The van der Waals surface area contributed by atoms with Crippen LogP contribution in [-0.2, 0) is 40.2 Å². The van der Waals surface area contributed by atoms with E-state index in [0.29, 0.717) is 23.5 Å². The highest BCUT2D eigenvalue weighted by Crippen LogP contribution is 2.73. The zero-order chi connectivity index (χ0) is 25.8. The number of Topliss-reactive ketones (excluding diaryl/α,β-unsaturated/α-hetero) is 1. The number of esters is 1. The van der Waals surface area contributed by atoms with Crippen molar-refractivity contribution in [1.29, 1.82) is 0 Å². The third-order valence-electron chi connectivity index (χ3n) is 7.18. The summed E-state index contributed by atoms with van der Waals surface area (Å²) in [6.07, 6.45) is 3.68. The lowest BCUT2D eigenvalue weighted by molar-refractivity contribution is -0.230. The highest BCUT2D eigenvalue weighted by Gasteiger charge is 2.89. The number of amides is 1. The van der Waals surface area contributed by atoms with Crippen LogP contribution in [0.5, 0.6) is 11.5 Å². The Morgan fingerprint density at radius 1 is 1.11 bits per heavy atom. The van der Waals surface area contributed by atoms with Crippen molar-refractivity contribution >= 4 is 26.0 Å². The predicted octanol–water partition coefficient (Wildman–Crippen LogP) is 2.57. The number of ether oxygens (including phenoxy) is 4. The Bertz CT molecular complexity index is 1110. The Morgan fingerprint density at radius 3 is 2.34 bits per heavy atom. The average molecular weight is 504 g/mol. The van der Waals surface area contributed by atoms with E-state index in [9.17, 15) is 14.4 Å². The Kier molecular flexibility index (Phi) is 6.04. The van der Waals surface area contributed by atoms with Crippen molar-refractivity contribution in [2.24, 2.45) is 5.41 Å². The molecular weight excluding hydrogens is 470 g/mol. The summed E-state index contributed by atoms with van der Waals surface area (Å²) in [5, 5.41) is 0. The van der Waals surface area contributed by atoms with Gasteiger partial charge in [0.15, 0.2) is 25.2 Å². The van der Waals surface area contributed by atoms with Gasteiger partial charge in [-0.3, -0.25) is 14.4 Å². The maximum atomic E-state index is 13.7. The van der Waals surface area contributed by atoms with Crippen LogP contribution < -0.4 is 9.47 Å². The molecule has 2 aliphatic heterocycles. The molecule has 1 saturated carbocycles. The third kappa shape index (κ3) is 3.12. The molecule has 10 heteroatoms. The molecule has 3 aliphatic rings. The van der Waals surface area contributed by atoms with Gasteiger partial charge in [-0.1, -0.05) is 0 Å². The summed E-state index contributed by atoms with van der Waals surface area (Å²) in [4.78, 5) is 42.5. The second-order valence-electron chi connectivity index (χ2n) is 10.1. The molecule has 1 aromatic rings. The van der Waals surface area contributed by atoms with Crippen molar-refractivity contribution in [2.45, 2.75) is 50.5 Å². The van der Waals surface area contributed by atoms with Crippen LogP contribution in [0.3, 0.4) is 0 Å². The molecule has 4 rings (SSSR count). The molecule has 0 radical (unpaired) electrons. The molecule has 1 saturated heterocycles. The van der Waals surface area contributed by atoms with Gasteiger partial charge in [0.2, 0.25) is 5.78 Å². The van der Waals surface area contributed by atoms with Crippen LogP contribution in [0.2, 0.25) is 19.6 Å². The van der Waals surface area contributed by atoms with Gasteiger partial charge >= 0.3 is 5.97 Å². The van der Waals surface area contributed by atoms with Gasteiger partial charge in [-0.2, -0.15) is 0 Å². The Hall–Kier alpha value is -2.85. The predicted molar refractivity (Wildman–Crippen MR) is 129 cm³/mol. The second-order valence-corrected chi connectivity index (χ2v) is 14.5. The van der Waals surface area contributed by atoms with Crippen molar-refractivity contribution in [2.75, 3.05) is 34.5 Å². The van der Waals surface area contributed by atoms with E-state index < -0.39 is 42.5 Å². The van der Waals surface area contributed by atoms with E-state index in [2.05, 4.69) is 0 Å². The van der Waals surface area contributed by atoms with Crippen molar-refractivity contribution in [1.82, 2.24) is 4.90 Å². The molecule has 1 aliphatic carbocycles. The summed E-state index contributed by atoms with van der Waals surface area (Å²) in [5.41, 5.74) is -2.94. The van der Waals surface area contributed by atoms with Gasteiger partial charge in [-0.25, -0.2) is 0 Å². The molecule has 0 aromatic heterocycles. The number of rotatable bonds is 8. The van der Waals surface area contributed by atoms with Gasteiger partial charge < -0.3 is 28.3 Å². The van der Waals surface area contributed by atoms with E-state index in [1.807, 2.05) is 25.7 Å². The molecule has 2 fully saturated rings. The number of nitrogens with zero attached hydrogens (tertiary/aromatic N) is 1. The minimum Gasteiger partial charge on any atom is -0.505 e. The first-order valence-electron chi connectivity index (χ1n) is 11.7. The van der Waals surface area contributed by atoms with Gasteiger partial charge in [0.1, 0.15) is 11.1 Å². The van der Waals surface area contributed by atoms with Gasteiger partial charge in [0.05, 0.1) is 34.2 Å². The Balaban J connectivity index is 2.13. The molecule has 1 spiro atoms. The minimum atomic E-state index is -2.31. The number of hydrogen-bond acceptors (Lipinski definition) is 8. The fraction of sp³-hybridized carbons (Fsp3) is 0.560. The summed E-state index contributed by atoms with van der Waals surface area (Å²) >= 11 is 0. The van der Waals surface area contributed by atoms with Crippen molar-refractivity contribution < 1.29 is 37.8 Å². The largest absolute Gasteiger partial charge is 0.505 e. The van der Waals surface area contributed by atoms with E-state index in [4.69, 9.17) is 23.4 Å². The van der Waals surface area contributed by atoms with Crippen LogP contribution in [-0.4, -0.2) is 71.0 Å². The molecular formula is C25H33NO8Si. The topological polar surface area (TPSA) is 101 Å². The summed E-state index contributed by atoms with van der Waals surface area (Å²) < 4.78 is 28.7. The van der Waals surface area contributed by atoms with E-state index in [1.54, 1.807) is 26.2 Å². The molecule has 2 heterocycles. The van der Waals surface area contributed by atoms with E-state index in [0.717, 1.165) is 5.56 Å². The fourth-order valence-corrected chi connectivity index (χ4v) is 7.63. The van der Waals surface area contributed by atoms with Gasteiger partial charge in [0, 0.05) is 13.0 Å². The highest BCUT2D eigenvalue weighted by molar-refractivity contribution is 6.70. The number of methoxy groups -OCH3 is 3. The van der Waals surface area contributed by atoms with Crippen molar-refractivity contribution in [3.63, 3.8) is 0 Å². The summed E-state index contributed by atoms with van der Waals surface area (Å²) in [7, 11) is 2.27. The molecule has 0 N–H and O–H groups in total. The molecule has 1 amide bonds. The standard InChI is InChI=1S/C25H33NO8Si/c1-8-33-22(29)24-15-23(10-12-30-2,34-35(5,6)7)25(24)17-14-19(32-4)18(31-3)13-16(17)9-11-26(25)21(28)20(24)27/h10,12-14H,8-9,11,15H2,1-7H3/b12-10-. The zero-order valence-electron chi connectivity index (χ0n) is 21.4. The number of ketones is 1. The van der Waals surface area contributed by atoms with Crippen LogP contribution in [0, 0.1) is 5.41 Å². The number of carbonyl (C=O) groups is 3. The van der Waals surface area contributed by atoms with Gasteiger partial charge in [0.25, 0.3) is 5.91 Å². The number of fused-ring (bicyclic) bond motifs is 1. The first-order chi connectivity index (χ1) is 16.5. The monoisotopic (exact) mass is 503 g/mol. The van der Waals surface area contributed by atoms with Crippen LogP contribution in [0.25, 0.3) is 0 Å². The maximum absolute atomic E-state index is 13.7. The smallest absolute Gasteiger partial charge is 0.323 e. The molecule has 35 heavy (non-hydrogen) atoms. The summed E-state index contributed by atoms with van der Waals surface area (Å²) in [5.74, 6) is -1.23. The fourth-order valence-electron chi connectivity index (χ4n) is 6.25. The number of carbonyl (C=O) groups excluding carboxylic acids is 3. The van der Waals surface area contributed by atoms with Gasteiger partial charge in [-0.15, -0.1) is 0 Å². The van der Waals surface area contributed by atoms with Gasteiger partial charge in [-0.05, 0) is 62.3 Å². The van der Waals surface area contributed by atoms with E-state index in [1.165, 1.54) is 25.4 Å². The SMILES string of the molecule is CCOC(=O)C12CC(/C=C\OC)(O[Si](C)(C)C)C13c1cc(OC)c(OC)cc1CCN3C(=O)C2=O. The normalized spacial score (nSPS) is 29.3. The quantitative estimate of drug-likeness (QED) is 0.175. The Labute approximate surface area is 206 Å². The third-order valence-corrected chi connectivity index (χ3v) is 8.16. The first-order valence-corrected chi connectivity index (χ1v) is 15.1. The lowest BCUT2D eigenvalue weighted by Crippen LogP contribution is -2.81. The van der Waals surface area contributed by atoms with Crippen molar-refractivity contribution in [3.8, 4) is 11.5 Å². The summed E-state index contributed by atoms with van der Waals surface area (Å²) in [6.45, 7) is 8.07. The number of hydrogen-bond donors (Lipinski definition) is 0.